The number of carboxylic acids is 1. The maximum absolute atomic E-state index is 13.0. The Morgan fingerprint density at radius 2 is 1.52 bits per heavy atom. The summed E-state index contributed by atoms with van der Waals surface area (Å²) in [6.45, 7) is 5.28. The van der Waals surface area contributed by atoms with Crippen LogP contribution in [0, 0.1) is 11.8 Å². The molecular weight excluding hydrogens is 322 g/mol. The van der Waals surface area contributed by atoms with Gasteiger partial charge in [-0.25, -0.2) is 4.79 Å². The van der Waals surface area contributed by atoms with E-state index >= 15 is 0 Å². The van der Waals surface area contributed by atoms with Crippen LogP contribution in [-0.2, 0) is 9.59 Å². The number of carboxylic acid groups (broad SMARTS) is 1. The van der Waals surface area contributed by atoms with Crippen molar-refractivity contribution in [2.45, 2.75) is 51.5 Å². The molecule has 0 aliphatic carbocycles. The first-order chi connectivity index (χ1) is 12.0. The maximum atomic E-state index is 13.0. The highest BCUT2D eigenvalue weighted by molar-refractivity contribution is 5.82. The number of rotatable bonds is 2. The fraction of sp³-hybridized carbons (Fsp3) is 0.833. The number of carbonyl (C=O) groups excluding carboxylic acids is 2. The number of amides is 3. The van der Waals surface area contributed by atoms with E-state index in [0.29, 0.717) is 26.1 Å². The molecule has 3 saturated heterocycles. The van der Waals surface area contributed by atoms with E-state index in [1.165, 1.54) is 0 Å². The van der Waals surface area contributed by atoms with Crippen LogP contribution < -0.4 is 0 Å². The van der Waals surface area contributed by atoms with Gasteiger partial charge in [0.05, 0.1) is 11.8 Å². The van der Waals surface area contributed by atoms with Crippen LogP contribution in [0.5, 0.6) is 0 Å². The Kier molecular flexibility index (Phi) is 5.49. The smallest absolute Gasteiger partial charge is 0.320 e. The van der Waals surface area contributed by atoms with Gasteiger partial charge in [-0.05, 0) is 45.4 Å². The molecule has 3 heterocycles. The van der Waals surface area contributed by atoms with Crippen LogP contribution >= 0.6 is 0 Å². The molecule has 3 aliphatic heterocycles. The van der Waals surface area contributed by atoms with E-state index in [1.54, 1.807) is 4.90 Å². The van der Waals surface area contributed by atoms with Gasteiger partial charge < -0.3 is 19.8 Å². The molecule has 0 aromatic carbocycles. The number of nitrogens with zero attached hydrogens (tertiary/aromatic N) is 3. The largest absolute Gasteiger partial charge is 0.481 e. The van der Waals surface area contributed by atoms with Crippen molar-refractivity contribution in [3.05, 3.63) is 0 Å². The van der Waals surface area contributed by atoms with Crippen LogP contribution in [0.3, 0.4) is 0 Å². The van der Waals surface area contributed by atoms with Crippen LogP contribution in [0.25, 0.3) is 0 Å². The molecule has 1 unspecified atom stereocenters. The quantitative estimate of drug-likeness (QED) is 0.820. The number of hydrogen-bond donors (Lipinski definition) is 1. The number of urea groups is 1. The van der Waals surface area contributed by atoms with E-state index in [0.717, 1.165) is 45.2 Å². The van der Waals surface area contributed by atoms with Gasteiger partial charge in [-0.15, -0.1) is 0 Å². The van der Waals surface area contributed by atoms with Crippen molar-refractivity contribution in [3.8, 4) is 0 Å². The Morgan fingerprint density at radius 3 is 2.20 bits per heavy atom. The minimum atomic E-state index is -0.820. The van der Waals surface area contributed by atoms with Gasteiger partial charge >= 0.3 is 12.0 Å². The van der Waals surface area contributed by atoms with Crippen molar-refractivity contribution in [2.24, 2.45) is 11.8 Å². The predicted molar refractivity (Wildman–Crippen MR) is 92.0 cm³/mol. The second-order valence-electron chi connectivity index (χ2n) is 7.62. The average Bonchev–Trinajstić information content (AvgIpc) is 3.15. The topological polar surface area (TPSA) is 81.2 Å². The van der Waals surface area contributed by atoms with Crippen LogP contribution in [-0.4, -0.2) is 76.5 Å². The Labute approximate surface area is 148 Å². The minimum Gasteiger partial charge on any atom is -0.481 e. The molecule has 7 nitrogen and oxygen atoms in total. The van der Waals surface area contributed by atoms with E-state index in [-0.39, 0.29) is 23.9 Å². The molecule has 140 valence electrons. The van der Waals surface area contributed by atoms with Crippen molar-refractivity contribution < 1.29 is 19.5 Å². The highest BCUT2D eigenvalue weighted by Gasteiger charge is 2.39. The minimum absolute atomic E-state index is 0.0253. The lowest BCUT2D eigenvalue weighted by atomic mass is 9.88. The summed E-state index contributed by atoms with van der Waals surface area (Å²) >= 11 is 0. The summed E-state index contributed by atoms with van der Waals surface area (Å²) in [5, 5.41) is 9.36. The molecule has 7 heteroatoms. The lowest BCUT2D eigenvalue weighted by Crippen LogP contribution is -2.54. The van der Waals surface area contributed by atoms with Gasteiger partial charge in [-0.3, -0.25) is 9.59 Å². The van der Waals surface area contributed by atoms with E-state index in [9.17, 15) is 19.5 Å². The maximum Gasteiger partial charge on any atom is 0.320 e. The van der Waals surface area contributed by atoms with Gasteiger partial charge in [-0.1, -0.05) is 0 Å². The molecule has 25 heavy (non-hydrogen) atoms. The van der Waals surface area contributed by atoms with Crippen LogP contribution in [0.15, 0.2) is 0 Å². The third kappa shape index (κ3) is 3.75. The van der Waals surface area contributed by atoms with Crippen molar-refractivity contribution >= 4 is 17.9 Å². The molecule has 0 bridgehead atoms. The van der Waals surface area contributed by atoms with Gasteiger partial charge in [0.2, 0.25) is 5.91 Å². The predicted octanol–water partition coefficient (Wildman–Crippen LogP) is 1.63. The zero-order valence-corrected chi connectivity index (χ0v) is 15.0. The summed E-state index contributed by atoms with van der Waals surface area (Å²) in [6.07, 6.45) is 5.10. The first kappa shape index (κ1) is 18.0. The lowest BCUT2D eigenvalue weighted by Gasteiger charge is -2.41. The molecule has 3 amide bonds. The van der Waals surface area contributed by atoms with Gasteiger partial charge in [0, 0.05) is 38.8 Å². The Bertz CT molecular complexity index is 532. The molecule has 0 radical (unpaired) electrons. The van der Waals surface area contributed by atoms with Crippen LogP contribution in [0.2, 0.25) is 0 Å². The zero-order valence-electron chi connectivity index (χ0n) is 15.0. The second kappa shape index (κ2) is 7.62. The van der Waals surface area contributed by atoms with E-state index in [2.05, 4.69) is 0 Å². The molecule has 0 spiro atoms. The Balaban J connectivity index is 1.63. The first-order valence-corrected chi connectivity index (χ1v) is 9.56. The number of aliphatic carboxylic acids is 1. The van der Waals surface area contributed by atoms with Crippen molar-refractivity contribution in [3.63, 3.8) is 0 Å². The molecule has 3 aliphatic rings. The molecule has 3 fully saturated rings. The highest BCUT2D eigenvalue weighted by Crippen LogP contribution is 2.28. The fourth-order valence-electron chi connectivity index (χ4n) is 4.48. The first-order valence-electron chi connectivity index (χ1n) is 9.56. The monoisotopic (exact) mass is 351 g/mol. The molecular formula is C18H29N3O4. The third-order valence-corrected chi connectivity index (χ3v) is 6.01. The number of piperidine rings is 2. The summed E-state index contributed by atoms with van der Waals surface area (Å²) in [7, 11) is 0. The summed E-state index contributed by atoms with van der Waals surface area (Å²) in [5.41, 5.74) is 0. The summed E-state index contributed by atoms with van der Waals surface area (Å²) in [5.74, 6) is -1.48. The molecule has 3 rings (SSSR count). The summed E-state index contributed by atoms with van der Waals surface area (Å²) in [6, 6.07) is -0.214. The molecule has 0 aromatic heterocycles. The van der Waals surface area contributed by atoms with Gasteiger partial charge in [0.1, 0.15) is 0 Å². The number of likely N-dealkylation sites (tertiary alicyclic amines) is 3. The van der Waals surface area contributed by atoms with Gasteiger partial charge in [0.25, 0.3) is 0 Å². The van der Waals surface area contributed by atoms with Crippen molar-refractivity contribution in [2.75, 3.05) is 32.7 Å². The van der Waals surface area contributed by atoms with Gasteiger partial charge in [0.15, 0.2) is 0 Å². The Hall–Kier alpha value is -1.79. The zero-order chi connectivity index (χ0) is 18.0. The SMILES string of the molecule is C[C@@H]1[C@H](C(=O)O)CCCN1C(=O)C1CCCN(C(=O)N2CCCC2)C1. The molecule has 0 saturated carbocycles. The summed E-state index contributed by atoms with van der Waals surface area (Å²) < 4.78 is 0. The van der Waals surface area contributed by atoms with Crippen molar-refractivity contribution in [1.29, 1.82) is 0 Å². The van der Waals surface area contributed by atoms with Crippen molar-refractivity contribution in [1.82, 2.24) is 14.7 Å². The van der Waals surface area contributed by atoms with E-state index < -0.39 is 11.9 Å². The van der Waals surface area contributed by atoms with E-state index in [4.69, 9.17) is 0 Å². The van der Waals surface area contributed by atoms with E-state index in [1.807, 2.05) is 16.7 Å². The van der Waals surface area contributed by atoms with Crippen LogP contribution in [0.1, 0.15) is 45.4 Å². The van der Waals surface area contributed by atoms with Crippen LogP contribution in [0.4, 0.5) is 4.79 Å². The average molecular weight is 351 g/mol. The molecule has 3 atom stereocenters. The molecule has 0 aromatic rings. The standard InChI is InChI=1S/C18H29N3O4/c1-13-15(17(23)24)7-5-11-21(13)16(22)14-6-4-10-20(12-14)18(25)19-8-2-3-9-19/h13-15H,2-12H2,1H3,(H,23,24)/t13-,14?,15-/m1/s1. The normalized spacial score (nSPS) is 30.4. The molecule has 1 N–H and O–H groups in total. The summed E-state index contributed by atoms with van der Waals surface area (Å²) in [4.78, 5) is 42.5. The highest BCUT2D eigenvalue weighted by atomic mass is 16.4. The Morgan fingerprint density at radius 1 is 0.880 bits per heavy atom. The number of hydrogen-bond acceptors (Lipinski definition) is 3. The second-order valence-corrected chi connectivity index (χ2v) is 7.62. The third-order valence-electron chi connectivity index (χ3n) is 6.01. The fourth-order valence-corrected chi connectivity index (χ4v) is 4.48. The lowest BCUT2D eigenvalue weighted by molar-refractivity contribution is -0.151. The number of carbonyl (C=O) groups is 3. The van der Waals surface area contributed by atoms with Gasteiger partial charge in [-0.2, -0.15) is 0 Å².